The van der Waals surface area contributed by atoms with E-state index in [1.165, 1.54) is 4.90 Å². The fraction of sp³-hybridized carbons (Fsp3) is 0.500. The maximum absolute atomic E-state index is 12.4. The molecule has 0 spiro atoms. The molecular weight excluding hydrogens is 254 g/mol. The Kier molecular flexibility index (Phi) is 5.16. The van der Waals surface area contributed by atoms with Crippen molar-refractivity contribution in [1.82, 2.24) is 4.90 Å². The van der Waals surface area contributed by atoms with Crippen molar-refractivity contribution in [3.63, 3.8) is 0 Å². The lowest BCUT2D eigenvalue weighted by Crippen LogP contribution is -2.40. The third-order valence-electron chi connectivity index (χ3n) is 3.86. The van der Waals surface area contributed by atoms with Gasteiger partial charge >= 0.3 is 5.97 Å². The van der Waals surface area contributed by atoms with Crippen molar-refractivity contribution in [1.29, 1.82) is 0 Å². The Hall–Kier alpha value is -1.84. The topological polar surface area (TPSA) is 57.6 Å². The highest BCUT2D eigenvalue weighted by Crippen LogP contribution is 2.26. The second-order valence-corrected chi connectivity index (χ2v) is 5.37. The number of carboxylic acid groups (broad SMARTS) is 1. The van der Waals surface area contributed by atoms with E-state index >= 15 is 0 Å². The lowest BCUT2D eigenvalue weighted by atomic mass is 10.1. The van der Waals surface area contributed by atoms with Crippen LogP contribution in [0.2, 0.25) is 0 Å². The zero-order valence-electron chi connectivity index (χ0n) is 11.6. The molecule has 0 atom stereocenters. The van der Waals surface area contributed by atoms with Gasteiger partial charge in [0.25, 0.3) is 0 Å². The SMILES string of the molecule is O=C(O)CN(CCc1ccccc1)C(=O)C1CCCC1. The van der Waals surface area contributed by atoms with Gasteiger partial charge in [0.1, 0.15) is 6.54 Å². The Balaban J connectivity index is 1.95. The van der Waals surface area contributed by atoms with Gasteiger partial charge in [-0.1, -0.05) is 43.2 Å². The number of hydrogen-bond donors (Lipinski definition) is 1. The number of nitrogens with zero attached hydrogens (tertiary/aromatic N) is 1. The average molecular weight is 275 g/mol. The van der Waals surface area contributed by atoms with Crippen LogP contribution in [-0.4, -0.2) is 35.0 Å². The van der Waals surface area contributed by atoms with Crippen molar-refractivity contribution in [2.45, 2.75) is 32.1 Å². The summed E-state index contributed by atoms with van der Waals surface area (Å²) >= 11 is 0. The first-order chi connectivity index (χ1) is 9.66. The molecule has 1 aromatic carbocycles. The highest BCUT2D eigenvalue weighted by Gasteiger charge is 2.28. The second-order valence-electron chi connectivity index (χ2n) is 5.37. The smallest absolute Gasteiger partial charge is 0.323 e. The fourth-order valence-electron chi connectivity index (χ4n) is 2.77. The molecule has 1 N–H and O–H groups in total. The normalized spacial score (nSPS) is 15.2. The van der Waals surface area contributed by atoms with Crippen LogP contribution >= 0.6 is 0 Å². The Morgan fingerprint density at radius 1 is 1.15 bits per heavy atom. The maximum atomic E-state index is 12.4. The van der Waals surface area contributed by atoms with E-state index in [9.17, 15) is 9.59 Å². The molecule has 0 aromatic heterocycles. The predicted octanol–water partition coefficient (Wildman–Crippen LogP) is 2.33. The number of carboxylic acids is 1. The quantitative estimate of drug-likeness (QED) is 0.867. The van der Waals surface area contributed by atoms with E-state index in [2.05, 4.69) is 0 Å². The van der Waals surface area contributed by atoms with Gasteiger partial charge in [-0.2, -0.15) is 0 Å². The minimum Gasteiger partial charge on any atom is -0.480 e. The highest BCUT2D eigenvalue weighted by molar-refractivity contribution is 5.83. The minimum atomic E-state index is -0.940. The number of amides is 1. The van der Waals surface area contributed by atoms with Crippen molar-refractivity contribution in [3.05, 3.63) is 35.9 Å². The summed E-state index contributed by atoms with van der Waals surface area (Å²) in [5, 5.41) is 8.98. The summed E-state index contributed by atoms with van der Waals surface area (Å²) in [6.45, 7) is 0.286. The lowest BCUT2D eigenvalue weighted by Gasteiger charge is -2.24. The molecule has 1 fully saturated rings. The van der Waals surface area contributed by atoms with E-state index in [-0.39, 0.29) is 18.4 Å². The van der Waals surface area contributed by atoms with Crippen LogP contribution in [0.1, 0.15) is 31.2 Å². The van der Waals surface area contributed by atoms with E-state index < -0.39 is 5.97 Å². The molecule has 4 heteroatoms. The van der Waals surface area contributed by atoms with Gasteiger partial charge in [-0.25, -0.2) is 0 Å². The van der Waals surface area contributed by atoms with Gasteiger partial charge in [-0.3, -0.25) is 9.59 Å². The molecule has 0 aliphatic heterocycles. The Bertz CT molecular complexity index is 452. The van der Waals surface area contributed by atoms with Gasteiger partial charge in [0, 0.05) is 12.5 Å². The van der Waals surface area contributed by atoms with Crippen LogP contribution in [0.4, 0.5) is 0 Å². The Morgan fingerprint density at radius 2 is 1.80 bits per heavy atom. The molecule has 0 radical (unpaired) electrons. The van der Waals surface area contributed by atoms with Crippen LogP contribution in [-0.2, 0) is 16.0 Å². The first-order valence-corrected chi connectivity index (χ1v) is 7.21. The minimum absolute atomic E-state index is 0.0147. The first-order valence-electron chi connectivity index (χ1n) is 7.21. The molecule has 1 saturated carbocycles. The van der Waals surface area contributed by atoms with Crippen molar-refractivity contribution in [3.8, 4) is 0 Å². The molecule has 2 rings (SSSR count). The summed E-state index contributed by atoms with van der Waals surface area (Å²) in [6, 6.07) is 9.85. The van der Waals surface area contributed by atoms with E-state index in [1.54, 1.807) is 0 Å². The molecule has 1 amide bonds. The maximum Gasteiger partial charge on any atom is 0.323 e. The summed E-state index contributed by atoms with van der Waals surface area (Å²) in [5.41, 5.74) is 1.13. The molecule has 108 valence electrons. The number of rotatable bonds is 6. The number of benzene rings is 1. The molecule has 4 nitrogen and oxygen atoms in total. The van der Waals surface area contributed by atoms with Gasteiger partial charge in [-0.05, 0) is 24.8 Å². The van der Waals surface area contributed by atoms with Crippen molar-refractivity contribution in [2.24, 2.45) is 5.92 Å². The molecule has 0 bridgehead atoms. The summed E-state index contributed by atoms with van der Waals surface area (Å²) in [6.07, 6.45) is 4.67. The van der Waals surface area contributed by atoms with Crippen molar-refractivity contribution in [2.75, 3.05) is 13.1 Å². The zero-order valence-corrected chi connectivity index (χ0v) is 11.6. The number of carbonyl (C=O) groups is 2. The van der Waals surface area contributed by atoms with Crippen LogP contribution in [0.15, 0.2) is 30.3 Å². The largest absolute Gasteiger partial charge is 0.480 e. The standard InChI is InChI=1S/C16H21NO3/c18-15(19)12-17(16(20)14-8-4-5-9-14)11-10-13-6-2-1-3-7-13/h1-3,6-7,14H,4-5,8-12H2,(H,18,19). The first kappa shape index (κ1) is 14.6. The average Bonchev–Trinajstić information content (AvgIpc) is 2.97. The monoisotopic (exact) mass is 275 g/mol. The molecule has 0 unspecified atom stereocenters. The lowest BCUT2D eigenvalue weighted by molar-refractivity contribution is -0.146. The van der Waals surface area contributed by atoms with Crippen LogP contribution in [0, 0.1) is 5.92 Å². The molecule has 1 aliphatic carbocycles. The predicted molar refractivity (Wildman–Crippen MR) is 76.3 cm³/mol. The fourth-order valence-corrected chi connectivity index (χ4v) is 2.77. The molecule has 1 aromatic rings. The van der Waals surface area contributed by atoms with Crippen LogP contribution in [0.5, 0.6) is 0 Å². The summed E-state index contributed by atoms with van der Waals surface area (Å²) in [7, 11) is 0. The summed E-state index contributed by atoms with van der Waals surface area (Å²) in [4.78, 5) is 24.8. The third kappa shape index (κ3) is 4.08. The zero-order chi connectivity index (χ0) is 14.4. The van der Waals surface area contributed by atoms with Gasteiger partial charge < -0.3 is 10.0 Å². The number of carbonyl (C=O) groups excluding carboxylic acids is 1. The second kappa shape index (κ2) is 7.08. The van der Waals surface area contributed by atoms with Crippen LogP contribution in [0.25, 0.3) is 0 Å². The van der Waals surface area contributed by atoms with Crippen LogP contribution in [0.3, 0.4) is 0 Å². The van der Waals surface area contributed by atoms with Gasteiger partial charge in [0.2, 0.25) is 5.91 Å². The van der Waals surface area contributed by atoms with Gasteiger partial charge in [0.05, 0.1) is 0 Å². The van der Waals surface area contributed by atoms with Crippen molar-refractivity contribution >= 4 is 11.9 Å². The van der Waals surface area contributed by atoms with E-state index in [0.29, 0.717) is 13.0 Å². The van der Waals surface area contributed by atoms with E-state index in [0.717, 1.165) is 31.2 Å². The van der Waals surface area contributed by atoms with E-state index in [4.69, 9.17) is 5.11 Å². The Morgan fingerprint density at radius 3 is 2.40 bits per heavy atom. The molecule has 0 saturated heterocycles. The van der Waals surface area contributed by atoms with Gasteiger partial charge in [-0.15, -0.1) is 0 Å². The Labute approximate surface area is 119 Å². The van der Waals surface area contributed by atoms with Gasteiger partial charge in [0.15, 0.2) is 0 Å². The summed E-state index contributed by atoms with van der Waals surface area (Å²) < 4.78 is 0. The highest BCUT2D eigenvalue weighted by atomic mass is 16.4. The van der Waals surface area contributed by atoms with Crippen molar-refractivity contribution < 1.29 is 14.7 Å². The number of aliphatic carboxylic acids is 1. The van der Waals surface area contributed by atoms with Crippen LogP contribution < -0.4 is 0 Å². The van der Waals surface area contributed by atoms with E-state index in [1.807, 2.05) is 30.3 Å². The number of hydrogen-bond acceptors (Lipinski definition) is 2. The molecule has 20 heavy (non-hydrogen) atoms. The molecule has 0 heterocycles. The summed E-state index contributed by atoms with van der Waals surface area (Å²) in [5.74, 6) is -0.893. The molecule has 1 aliphatic rings. The molecular formula is C16H21NO3. The third-order valence-corrected chi connectivity index (χ3v) is 3.86.